The fraction of sp³-hybridized carbons (Fsp3) is 0.750. The molecule has 1 aromatic heterocycles. The van der Waals surface area contributed by atoms with Crippen LogP contribution < -0.4 is 10.6 Å². The molecule has 5 aliphatic rings. The third-order valence-electron chi connectivity index (χ3n) is 14.2. The van der Waals surface area contributed by atoms with E-state index in [-0.39, 0.29) is 40.3 Å². The van der Waals surface area contributed by atoms with Crippen molar-refractivity contribution in [2.45, 2.75) is 137 Å². The van der Waals surface area contributed by atoms with Gasteiger partial charge in [0.25, 0.3) is 0 Å². The Morgan fingerprint density at radius 2 is 1.60 bits per heavy atom. The summed E-state index contributed by atoms with van der Waals surface area (Å²) >= 11 is 0. The lowest BCUT2D eigenvalue weighted by atomic mass is 9.36. The molecular formula is C40H61N3O5. The zero-order valence-electron chi connectivity index (χ0n) is 30.6. The molecule has 8 nitrogen and oxygen atoms in total. The van der Waals surface area contributed by atoms with E-state index >= 15 is 0 Å². The number of esters is 1. The Morgan fingerprint density at radius 3 is 2.27 bits per heavy atom. The molecule has 1 aromatic rings. The number of nitrogens with zero attached hydrogens (tertiary/aromatic N) is 1. The van der Waals surface area contributed by atoms with Crippen LogP contribution in [0.15, 0.2) is 37.2 Å². The maximum Gasteiger partial charge on any atom is 0.319 e. The highest BCUT2D eigenvalue weighted by Gasteiger charge is 2.66. The van der Waals surface area contributed by atoms with E-state index in [9.17, 15) is 19.5 Å². The van der Waals surface area contributed by atoms with Gasteiger partial charge in [0.2, 0.25) is 0 Å². The standard InChI is InChI=1S/C37H55N3O5.C3H6/c1-33(2,31(42)43)22-30(41)45-29-13-18-36(6)27(34(29,3)4)12-17-35(5)25-11-19-37(40-32(44)39-23-14-20-38-21-15-23)16-7-8-26(37)24(25)9-10-28(35)36;1-3-2/h14-15,20-21,24-29H,7-13,16-19,22H2,1-6H3,(H,42,43)(H2,38,39,40,44);3H,1H2,2H3. The number of anilines is 1. The van der Waals surface area contributed by atoms with Gasteiger partial charge in [-0.3, -0.25) is 14.6 Å². The number of pyridine rings is 1. The number of fused-ring (bicyclic) bond motifs is 7. The molecule has 0 aliphatic heterocycles. The highest BCUT2D eigenvalue weighted by molar-refractivity contribution is 5.89. The molecule has 3 N–H and O–H groups in total. The van der Waals surface area contributed by atoms with E-state index in [0.717, 1.165) is 37.8 Å². The molecule has 1 heterocycles. The van der Waals surface area contributed by atoms with Crippen molar-refractivity contribution in [3.63, 3.8) is 0 Å². The molecule has 5 fully saturated rings. The number of carbonyl (C=O) groups excluding carboxylic acids is 2. The average molecular weight is 664 g/mol. The second-order valence-corrected chi connectivity index (χ2v) is 17.6. The number of carbonyl (C=O) groups is 3. The van der Waals surface area contributed by atoms with Crippen molar-refractivity contribution in [1.29, 1.82) is 0 Å². The molecule has 0 spiro atoms. The number of aliphatic carboxylic acids is 1. The smallest absolute Gasteiger partial charge is 0.319 e. The minimum absolute atomic E-state index is 0.0920. The number of ether oxygens (including phenoxy) is 1. The molecule has 9 unspecified atom stereocenters. The van der Waals surface area contributed by atoms with Crippen LogP contribution >= 0.6 is 0 Å². The van der Waals surface area contributed by atoms with Gasteiger partial charge in [-0.2, -0.15) is 0 Å². The number of nitrogens with one attached hydrogen (secondary N) is 2. The summed E-state index contributed by atoms with van der Waals surface area (Å²) in [5.41, 5.74) is -0.192. The van der Waals surface area contributed by atoms with Crippen molar-refractivity contribution < 1.29 is 24.2 Å². The van der Waals surface area contributed by atoms with Gasteiger partial charge in [0.1, 0.15) is 6.10 Å². The maximum absolute atomic E-state index is 13.2. The van der Waals surface area contributed by atoms with E-state index in [4.69, 9.17) is 4.74 Å². The summed E-state index contributed by atoms with van der Waals surface area (Å²) in [6.07, 6.45) is 17.2. The first-order valence-electron chi connectivity index (χ1n) is 18.5. The number of aromatic nitrogens is 1. The molecule has 266 valence electrons. The van der Waals surface area contributed by atoms with Gasteiger partial charge in [-0.05, 0) is 138 Å². The van der Waals surface area contributed by atoms with Crippen LogP contribution in [0.5, 0.6) is 0 Å². The van der Waals surface area contributed by atoms with Gasteiger partial charge >= 0.3 is 18.0 Å². The lowest BCUT2D eigenvalue weighted by Gasteiger charge is -2.69. The minimum atomic E-state index is -1.13. The summed E-state index contributed by atoms with van der Waals surface area (Å²) in [6, 6.07) is 3.57. The molecule has 0 radical (unpaired) electrons. The number of carboxylic acid groups (broad SMARTS) is 1. The highest BCUT2D eigenvalue weighted by Crippen LogP contribution is 2.72. The van der Waals surface area contributed by atoms with Crippen LogP contribution in [0, 0.1) is 51.2 Å². The summed E-state index contributed by atoms with van der Waals surface area (Å²) in [4.78, 5) is 41.9. The SMILES string of the molecule is C=CC.CC(C)(CC(=O)OC1CCC2(C)C(CCC3(C)C4CCC5(NC(=O)Nc6ccncc6)CCCC5C4CCC32)C1(C)C)C(=O)O. The van der Waals surface area contributed by atoms with Crippen molar-refractivity contribution in [3.8, 4) is 0 Å². The normalized spacial score (nSPS) is 37.9. The predicted molar refractivity (Wildman–Crippen MR) is 189 cm³/mol. The molecule has 5 saturated carbocycles. The molecular weight excluding hydrogens is 602 g/mol. The molecule has 2 amide bonds. The topological polar surface area (TPSA) is 118 Å². The Bertz CT molecular complexity index is 1360. The lowest BCUT2D eigenvalue weighted by molar-refractivity contribution is -0.219. The molecule has 0 aromatic carbocycles. The van der Waals surface area contributed by atoms with E-state index in [1.54, 1.807) is 32.3 Å². The Morgan fingerprint density at radius 1 is 0.938 bits per heavy atom. The molecule has 0 saturated heterocycles. The van der Waals surface area contributed by atoms with Crippen molar-refractivity contribution in [1.82, 2.24) is 10.3 Å². The lowest BCUT2D eigenvalue weighted by Crippen LogP contribution is -2.65. The number of hydrogen-bond acceptors (Lipinski definition) is 5. The van der Waals surface area contributed by atoms with Crippen LogP contribution in [0.25, 0.3) is 0 Å². The predicted octanol–water partition coefficient (Wildman–Crippen LogP) is 9.03. The Balaban J connectivity index is 0.00000145. The first-order chi connectivity index (χ1) is 22.5. The van der Waals surface area contributed by atoms with E-state index in [1.165, 1.54) is 38.5 Å². The number of carboxylic acids is 1. The van der Waals surface area contributed by atoms with E-state index in [0.29, 0.717) is 29.6 Å². The first-order valence-corrected chi connectivity index (χ1v) is 18.5. The van der Waals surface area contributed by atoms with Crippen LogP contribution in [0.2, 0.25) is 0 Å². The van der Waals surface area contributed by atoms with Gasteiger partial charge in [-0.15, -0.1) is 6.58 Å². The van der Waals surface area contributed by atoms with Gasteiger partial charge in [-0.1, -0.05) is 40.2 Å². The molecule has 48 heavy (non-hydrogen) atoms. The van der Waals surface area contributed by atoms with Crippen LogP contribution in [-0.4, -0.2) is 39.7 Å². The fourth-order valence-electron chi connectivity index (χ4n) is 12.1. The molecule has 8 heteroatoms. The van der Waals surface area contributed by atoms with Crippen LogP contribution in [0.3, 0.4) is 0 Å². The van der Waals surface area contributed by atoms with E-state index in [2.05, 4.69) is 49.9 Å². The first kappa shape index (κ1) is 36.4. The van der Waals surface area contributed by atoms with Crippen molar-refractivity contribution in [2.24, 2.45) is 51.2 Å². The summed E-state index contributed by atoms with van der Waals surface area (Å²) in [7, 11) is 0. The molecule has 9 atom stereocenters. The van der Waals surface area contributed by atoms with Gasteiger partial charge < -0.3 is 20.5 Å². The summed E-state index contributed by atoms with van der Waals surface area (Å²) in [6.45, 7) is 18.2. The van der Waals surface area contributed by atoms with Gasteiger partial charge in [0.05, 0.1) is 11.8 Å². The van der Waals surface area contributed by atoms with E-state index in [1.807, 2.05) is 19.1 Å². The highest BCUT2D eigenvalue weighted by atomic mass is 16.5. The zero-order valence-corrected chi connectivity index (χ0v) is 30.6. The third kappa shape index (κ3) is 6.42. The number of amides is 2. The van der Waals surface area contributed by atoms with Crippen LogP contribution in [0.1, 0.15) is 126 Å². The summed E-state index contributed by atoms with van der Waals surface area (Å²) < 4.78 is 6.12. The monoisotopic (exact) mass is 663 g/mol. The second-order valence-electron chi connectivity index (χ2n) is 17.6. The third-order valence-corrected chi connectivity index (χ3v) is 14.2. The van der Waals surface area contributed by atoms with Gasteiger partial charge in [0.15, 0.2) is 0 Å². The Hall–Kier alpha value is -2.90. The number of urea groups is 1. The largest absolute Gasteiger partial charge is 0.481 e. The van der Waals surface area contributed by atoms with Crippen molar-refractivity contribution >= 4 is 23.7 Å². The Labute approximate surface area is 288 Å². The number of hydrogen-bond donors (Lipinski definition) is 3. The molecule has 6 rings (SSSR count). The molecule has 0 bridgehead atoms. The second kappa shape index (κ2) is 13.4. The zero-order chi connectivity index (χ0) is 35.1. The number of rotatable bonds is 6. The van der Waals surface area contributed by atoms with Crippen molar-refractivity contribution in [2.75, 3.05) is 5.32 Å². The summed E-state index contributed by atoms with van der Waals surface area (Å²) in [5, 5.41) is 16.1. The molecule has 5 aliphatic carbocycles. The van der Waals surface area contributed by atoms with Crippen molar-refractivity contribution in [3.05, 3.63) is 37.2 Å². The van der Waals surface area contributed by atoms with E-state index < -0.39 is 17.4 Å². The maximum atomic E-state index is 13.2. The minimum Gasteiger partial charge on any atom is -0.481 e. The van der Waals surface area contributed by atoms with Gasteiger partial charge in [-0.25, -0.2) is 4.79 Å². The van der Waals surface area contributed by atoms with Crippen LogP contribution in [-0.2, 0) is 14.3 Å². The Kier molecular flexibility index (Phi) is 10.2. The fourth-order valence-corrected chi connectivity index (χ4v) is 12.1. The average Bonchev–Trinajstić information content (AvgIpc) is 3.43. The summed E-state index contributed by atoms with van der Waals surface area (Å²) in [5.74, 6) is 1.56. The number of allylic oxidation sites excluding steroid dienone is 1. The van der Waals surface area contributed by atoms with Gasteiger partial charge in [0, 0.05) is 29.0 Å². The quantitative estimate of drug-likeness (QED) is 0.207. The van der Waals surface area contributed by atoms with Crippen LogP contribution in [0.4, 0.5) is 10.5 Å².